The molecule has 2 atom stereocenters. The van der Waals surface area contributed by atoms with E-state index in [0.717, 1.165) is 5.92 Å². The van der Waals surface area contributed by atoms with Crippen LogP contribution in [0.4, 0.5) is 0 Å². The summed E-state index contributed by atoms with van der Waals surface area (Å²) in [5.74, 6) is 0.851. The molecule has 0 unspecified atom stereocenters. The van der Waals surface area contributed by atoms with Crippen molar-refractivity contribution in [2.75, 3.05) is 0 Å². The molecule has 13 heavy (non-hydrogen) atoms. The van der Waals surface area contributed by atoms with Crippen molar-refractivity contribution in [3.63, 3.8) is 0 Å². The third-order valence-electron chi connectivity index (χ3n) is 3.06. The Morgan fingerprint density at radius 3 is 2.15 bits per heavy atom. The molecule has 0 radical (unpaired) electrons. The van der Waals surface area contributed by atoms with Gasteiger partial charge in [-0.3, -0.25) is 0 Å². The summed E-state index contributed by atoms with van der Waals surface area (Å²) >= 11 is 0. The maximum Gasteiger partial charge on any atom is 0.0133 e. The first-order valence-electron chi connectivity index (χ1n) is 5.13. The molecule has 0 heterocycles. The zero-order valence-electron chi connectivity index (χ0n) is 9.39. The molecule has 1 fully saturated rings. The predicted molar refractivity (Wildman–Crippen MR) is 61.3 cm³/mol. The Bertz CT molecular complexity index is 147. The highest BCUT2D eigenvalue weighted by Gasteiger charge is 2.37. The van der Waals surface area contributed by atoms with E-state index in [2.05, 4.69) is 27.7 Å². The molecule has 1 aliphatic rings. The largest absolute Gasteiger partial charge is 0.325 e. The van der Waals surface area contributed by atoms with Crippen LogP contribution in [-0.2, 0) is 0 Å². The van der Waals surface area contributed by atoms with Crippen molar-refractivity contribution >= 4 is 12.4 Å². The Hall–Kier alpha value is 0.250. The summed E-state index contributed by atoms with van der Waals surface area (Å²) in [6.45, 7) is 9.18. The molecule has 2 heteroatoms. The Labute approximate surface area is 88.9 Å². The lowest BCUT2D eigenvalue weighted by Gasteiger charge is -2.44. The van der Waals surface area contributed by atoms with Crippen LogP contribution in [0.2, 0.25) is 0 Å². The van der Waals surface area contributed by atoms with Gasteiger partial charge < -0.3 is 5.73 Å². The van der Waals surface area contributed by atoms with Gasteiger partial charge in [-0.05, 0) is 37.5 Å². The fraction of sp³-hybridized carbons (Fsp3) is 1.00. The van der Waals surface area contributed by atoms with Gasteiger partial charge in [0.2, 0.25) is 0 Å². The first-order valence-corrected chi connectivity index (χ1v) is 5.13. The van der Waals surface area contributed by atoms with Gasteiger partial charge in [-0.1, -0.05) is 27.2 Å². The van der Waals surface area contributed by atoms with Crippen molar-refractivity contribution in [3.05, 3.63) is 0 Å². The van der Waals surface area contributed by atoms with Crippen LogP contribution in [0.1, 0.15) is 53.4 Å². The number of hydrogen-bond donors (Lipinski definition) is 1. The fourth-order valence-corrected chi connectivity index (χ4v) is 3.04. The molecule has 0 amide bonds. The summed E-state index contributed by atoms with van der Waals surface area (Å²) in [4.78, 5) is 0. The quantitative estimate of drug-likeness (QED) is 0.698. The monoisotopic (exact) mass is 205 g/mol. The molecule has 0 aromatic heterocycles. The molecular formula is C11H24ClN. The van der Waals surface area contributed by atoms with Gasteiger partial charge in [0.05, 0.1) is 0 Å². The lowest BCUT2D eigenvalue weighted by Crippen LogP contribution is -2.47. The minimum absolute atomic E-state index is 0. The van der Waals surface area contributed by atoms with Crippen LogP contribution >= 0.6 is 12.4 Å². The van der Waals surface area contributed by atoms with Gasteiger partial charge in [0.1, 0.15) is 0 Å². The van der Waals surface area contributed by atoms with Gasteiger partial charge in [0.15, 0.2) is 0 Å². The zero-order chi connectivity index (χ0) is 9.41. The lowest BCUT2D eigenvalue weighted by molar-refractivity contribution is 0.108. The van der Waals surface area contributed by atoms with Crippen molar-refractivity contribution < 1.29 is 0 Å². The second kappa shape index (κ2) is 4.18. The van der Waals surface area contributed by atoms with Crippen molar-refractivity contribution in [1.82, 2.24) is 0 Å². The third-order valence-corrected chi connectivity index (χ3v) is 3.06. The normalized spacial score (nSPS) is 38.1. The first kappa shape index (κ1) is 13.2. The van der Waals surface area contributed by atoms with Crippen LogP contribution in [0.3, 0.4) is 0 Å². The van der Waals surface area contributed by atoms with E-state index in [1.165, 1.54) is 25.7 Å². The van der Waals surface area contributed by atoms with E-state index in [0.29, 0.717) is 5.41 Å². The van der Waals surface area contributed by atoms with E-state index in [1.54, 1.807) is 0 Å². The van der Waals surface area contributed by atoms with Crippen LogP contribution in [0.25, 0.3) is 0 Å². The molecule has 1 saturated carbocycles. The smallest absolute Gasteiger partial charge is 0.0133 e. The highest BCUT2D eigenvalue weighted by Crippen LogP contribution is 2.43. The Kier molecular flexibility index (Phi) is 4.26. The number of halogens is 1. The standard InChI is InChI=1S/C11H23N.ClH/c1-5-9-6-10(2,3)8-11(4,12)7-9;/h9H,5-8,12H2,1-4H3;1H/t9-,11+;/m0./s1. The highest BCUT2D eigenvalue weighted by molar-refractivity contribution is 5.85. The van der Waals surface area contributed by atoms with E-state index in [-0.39, 0.29) is 17.9 Å². The molecule has 0 spiro atoms. The van der Waals surface area contributed by atoms with E-state index < -0.39 is 0 Å². The molecular weight excluding hydrogens is 182 g/mol. The van der Waals surface area contributed by atoms with Crippen LogP contribution in [-0.4, -0.2) is 5.54 Å². The van der Waals surface area contributed by atoms with Crippen molar-refractivity contribution in [2.45, 2.75) is 58.9 Å². The summed E-state index contributed by atoms with van der Waals surface area (Å²) < 4.78 is 0. The van der Waals surface area contributed by atoms with E-state index in [9.17, 15) is 0 Å². The lowest BCUT2D eigenvalue weighted by atomic mass is 9.64. The van der Waals surface area contributed by atoms with Crippen LogP contribution in [0.15, 0.2) is 0 Å². The second-order valence-corrected chi connectivity index (χ2v) is 5.68. The van der Waals surface area contributed by atoms with Gasteiger partial charge in [-0.15, -0.1) is 12.4 Å². The SMILES string of the molecule is CC[C@H]1CC(C)(C)C[C@](C)(N)C1.Cl. The number of rotatable bonds is 1. The first-order chi connectivity index (χ1) is 5.35. The third kappa shape index (κ3) is 3.86. The molecule has 1 nitrogen and oxygen atoms in total. The summed E-state index contributed by atoms with van der Waals surface area (Å²) in [5.41, 5.74) is 6.77. The Morgan fingerprint density at radius 2 is 1.77 bits per heavy atom. The topological polar surface area (TPSA) is 26.0 Å². The predicted octanol–water partition coefficient (Wildman–Crippen LogP) is 3.36. The molecule has 80 valence electrons. The Morgan fingerprint density at radius 1 is 1.23 bits per heavy atom. The van der Waals surface area contributed by atoms with Gasteiger partial charge in [-0.2, -0.15) is 0 Å². The second-order valence-electron chi connectivity index (χ2n) is 5.68. The van der Waals surface area contributed by atoms with Gasteiger partial charge >= 0.3 is 0 Å². The highest BCUT2D eigenvalue weighted by atomic mass is 35.5. The summed E-state index contributed by atoms with van der Waals surface area (Å²) in [6, 6.07) is 0. The number of hydrogen-bond acceptors (Lipinski definition) is 1. The zero-order valence-corrected chi connectivity index (χ0v) is 10.2. The van der Waals surface area contributed by atoms with Crippen molar-refractivity contribution in [1.29, 1.82) is 0 Å². The summed E-state index contributed by atoms with van der Waals surface area (Å²) in [7, 11) is 0. The summed E-state index contributed by atoms with van der Waals surface area (Å²) in [5, 5.41) is 0. The van der Waals surface area contributed by atoms with Crippen LogP contribution < -0.4 is 5.73 Å². The van der Waals surface area contributed by atoms with E-state index in [4.69, 9.17) is 5.73 Å². The molecule has 2 N–H and O–H groups in total. The van der Waals surface area contributed by atoms with Crippen LogP contribution in [0, 0.1) is 11.3 Å². The molecule has 0 aromatic rings. The maximum absolute atomic E-state index is 6.22. The van der Waals surface area contributed by atoms with Crippen molar-refractivity contribution in [2.24, 2.45) is 17.1 Å². The maximum atomic E-state index is 6.22. The molecule has 1 rings (SSSR count). The van der Waals surface area contributed by atoms with Gasteiger partial charge in [0, 0.05) is 5.54 Å². The average molecular weight is 206 g/mol. The summed E-state index contributed by atoms with van der Waals surface area (Å²) in [6.07, 6.45) is 5.04. The molecule has 0 saturated heterocycles. The fourth-order valence-electron chi connectivity index (χ4n) is 3.04. The van der Waals surface area contributed by atoms with Crippen molar-refractivity contribution in [3.8, 4) is 0 Å². The van der Waals surface area contributed by atoms with E-state index >= 15 is 0 Å². The van der Waals surface area contributed by atoms with E-state index in [1.807, 2.05) is 0 Å². The molecule has 0 bridgehead atoms. The van der Waals surface area contributed by atoms with Gasteiger partial charge in [0.25, 0.3) is 0 Å². The number of nitrogens with two attached hydrogens (primary N) is 1. The molecule has 0 aliphatic heterocycles. The molecule has 1 aliphatic carbocycles. The Balaban J connectivity index is 0.00000144. The average Bonchev–Trinajstić information content (AvgIpc) is 1.80. The minimum atomic E-state index is 0. The van der Waals surface area contributed by atoms with Gasteiger partial charge in [-0.25, -0.2) is 0 Å². The molecule has 0 aromatic carbocycles. The van der Waals surface area contributed by atoms with Crippen LogP contribution in [0.5, 0.6) is 0 Å². The minimum Gasteiger partial charge on any atom is -0.325 e.